The number of ether oxygens (including phenoxy) is 1. The molecule has 0 aliphatic rings. The minimum atomic E-state index is -1.29. The largest absolute Gasteiger partial charge is 0.465 e. The Morgan fingerprint density at radius 2 is 1.70 bits per heavy atom. The van der Waals surface area contributed by atoms with E-state index in [1.165, 1.54) is 13.2 Å². The minimum Gasteiger partial charge on any atom is -0.465 e. The van der Waals surface area contributed by atoms with Gasteiger partial charge in [-0.05, 0) is 50.1 Å². The van der Waals surface area contributed by atoms with Gasteiger partial charge in [-0.25, -0.2) is 4.79 Å². The van der Waals surface area contributed by atoms with Crippen molar-refractivity contribution in [2.24, 2.45) is 5.41 Å². The number of rotatable bonds is 6. The number of carbonyl (C=O) groups is 3. The van der Waals surface area contributed by atoms with E-state index >= 15 is 0 Å². The number of methoxy groups -OCH3 is 1. The molecule has 0 spiro atoms. The van der Waals surface area contributed by atoms with Crippen LogP contribution < -0.4 is 10.6 Å². The highest BCUT2D eigenvalue weighted by Crippen LogP contribution is 2.20. The van der Waals surface area contributed by atoms with Crippen molar-refractivity contribution in [3.63, 3.8) is 0 Å². The van der Waals surface area contributed by atoms with E-state index in [1.807, 2.05) is 31.2 Å². The van der Waals surface area contributed by atoms with Gasteiger partial charge in [0.25, 0.3) is 0 Å². The average molecular weight is 368 g/mol. The fourth-order valence-electron chi connectivity index (χ4n) is 2.44. The monoisotopic (exact) mass is 368 g/mol. The fourth-order valence-corrected chi connectivity index (χ4v) is 2.44. The number of nitrogens with one attached hydrogen (secondary N) is 2. The Balaban J connectivity index is 2.04. The van der Waals surface area contributed by atoms with Crippen LogP contribution in [0.4, 0.5) is 5.69 Å². The summed E-state index contributed by atoms with van der Waals surface area (Å²) in [5.74, 6) is -1.35. The molecule has 2 amide bonds. The number of hydrogen-bond donors (Lipinski definition) is 2. The van der Waals surface area contributed by atoms with E-state index in [0.29, 0.717) is 17.8 Å². The van der Waals surface area contributed by atoms with Crippen LogP contribution >= 0.6 is 0 Å². The minimum absolute atomic E-state index is 0.317. The molecule has 0 heterocycles. The molecule has 0 fully saturated rings. The molecule has 0 unspecified atom stereocenters. The van der Waals surface area contributed by atoms with E-state index in [-0.39, 0.29) is 5.91 Å². The Labute approximate surface area is 158 Å². The molecular formula is C21H24N2O4. The molecule has 0 saturated heterocycles. The summed E-state index contributed by atoms with van der Waals surface area (Å²) in [5.41, 5.74) is 1.51. The Morgan fingerprint density at radius 3 is 2.37 bits per heavy atom. The molecule has 6 heteroatoms. The molecule has 0 radical (unpaired) electrons. The highest BCUT2D eigenvalue weighted by Gasteiger charge is 2.36. The van der Waals surface area contributed by atoms with Crippen molar-refractivity contribution in [3.05, 3.63) is 65.2 Å². The first-order chi connectivity index (χ1) is 12.8. The van der Waals surface area contributed by atoms with Crippen LogP contribution in [0.15, 0.2) is 48.5 Å². The summed E-state index contributed by atoms with van der Waals surface area (Å²) in [4.78, 5) is 36.8. The zero-order valence-corrected chi connectivity index (χ0v) is 16.0. The number of aryl methyl sites for hydroxylation is 1. The van der Waals surface area contributed by atoms with Crippen LogP contribution in [0, 0.1) is 12.3 Å². The highest BCUT2D eigenvalue weighted by molar-refractivity contribution is 6.10. The second kappa shape index (κ2) is 8.49. The van der Waals surface area contributed by atoms with Crippen molar-refractivity contribution in [3.8, 4) is 0 Å². The molecule has 0 bridgehead atoms. The summed E-state index contributed by atoms with van der Waals surface area (Å²) in [7, 11) is 1.29. The van der Waals surface area contributed by atoms with Crippen LogP contribution in [0.25, 0.3) is 0 Å². The normalized spacial score (nSPS) is 10.8. The zero-order valence-electron chi connectivity index (χ0n) is 16.0. The van der Waals surface area contributed by atoms with Gasteiger partial charge in [-0.2, -0.15) is 0 Å². The van der Waals surface area contributed by atoms with Gasteiger partial charge in [0.2, 0.25) is 11.8 Å². The highest BCUT2D eigenvalue weighted by atomic mass is 16.5. The van der Waals surface area contributed by atoms with Crippen molar-refractivity contribution in [1.82, 2.24) is 5.32 Å². The van der Waals surface area contributed by atoms with Crippen molar-refractivity contribution in [2.45, 2.75) is 27.3 Å². The van der Waals surface area contributed by atoms with E-state index in [2.05, 4.69) is 15.4 Å². The standard InChI is InChI=1S/C21H24N2O4/c1-14-8-5-6-9-16(14)13-22-19(25)21(2,3)20(26)23-17-11-7-10-15(12-17)18(24)27-4/h5-12H,13H2,1-4H3,(H,22,25)(H,23,26). The maximum Gasteiger partial charge on any atom is 0.337 e. The first-order valence-corrected chi connectivity index (χ1v) is 8.58. The van der Waals surface area contributed by atoms with E-state index in [0.717, 1.165) is 11.1 Å². The number of hydrogen-bond acceptors (Lipinski definition) is 4. The van der Waals surface area contributed by atoms with Crippen molar-refractivity contribution < 1.29 is 19.1 Å². The maximum absolute atomic E-state index is 12.6. The lowest BCUT2D eigenvalue weighted by Crippen LogP contribution is -2.45. The molecule has 142 valence electrons. The molecule has 2 N–H and O–H groups in total. The van der Waals surface area contributed by atoms with Gasteiger partial charge in [-0.15, -0.1) is 0 Å². The van der Waals surface area contributed by atoms with Gasteiger partial charge in [0.05, 0.1) is 12.7 Å². The Hall–Kier alpha value is -3.15. The molecule has 0 aliphatic heterocycles. The lowest BCUT2D eigenvalue weighted by atomic mass is 9.90. The maximum atomic E-state index is 12.6. The fraction of sp³-hybridized carbons (Fsp3) is 0.286. The van der Waals surface area contributed by atoms with E-state index in [9.17, 15) is 14.4 Å². The smallest absolute Gasteiger partial charge is 0.337 e. The van der Waals surface area contributed by atoms with Gasteiger partial charge in [-0.3, -0.25) is 9.59 Å². The molecular weight excluding hydrogens is 344 g/mol. The van der Waals surface area contributed by atoms with Crippen LogP contribution in [-0.4, -0.2) is 24.9 Å². The number of esters is 1. The summed E-state index contributed by atoms with van der Waals surface area (Å²) in [6.45, 7) is 5.42. The van der Waals surface area contributed by atoms with Crippen LogP contribution in [0.1, 0.15) is 35.3 Å². The van der Waals surface area contributed by atoms with E-state index < -0.39 is 17.3 Å². The van der Waals surface area contributed by atoms with E-state index in [4.69, 9.17) is 0 Å². The topological polar surface area (TPSA) is 84.5 Å². The van der Waals surface area contributed by atoms with Crippen LogP contribution in [0.3, 0.4) is 0 Å². The number of amides is 2. The first kappa shape index (κ1) is 20.2. The Morgan fingerprint density at radius 1 is 1.00 bits per heavy atom. The summed E-state index contributed by atoms with van der Waals surface area (Å²) < 4.78 is 4.67. The average Bonchev–Trinajstić information content (AvgIpc) is 2.66. The lowest BCUT2D eigenvalue weighted by Gasteiger charge is -2.23. The predicted molar refractivity (Wildman–Crippen MR) is 103 cm³/mol. The molecule has 0 saturated carbocycles. The quantitative estimate of drug-likeness (QED) is 0.606. The van der Waals surface area contributed by atoms with Gasteiger partial charge in [0, 0.05) is 12.2 Å². The third-order valence-electron chi connectivity index (χ3n) is 4.38. The third-order valence-corrected chi connectivity index (χ3v) is 4.38. The third kappa shape index (κ3) is 4.94. The summed E-state index contributed by atoms with van der Waals surface area (Å²) in [5, 5.41) is 5.50. The van der Waals surface area contributed by atoms with Gasteiger partial charge >= 0.3 is 5.97 Å². The zero-order chi connectivity index (χ0) is 20.0. The predicted octanol–water partition coefficient (Wildman–Crippen LogP) is 3.06. The molecule has 2 aromatic carbocycles. The van der Waals surface area contributed by atoms with E-state index in [1.54, 1.807) is 32.0 Å². The molecule has 27 heavy (non-hydrogen) atoms. The Bertz CT molecular complexity index is 859. The first-order valence-electron chi connectivity index (χ1n) is 8.58. The molecule has 0 aromatic heterocycles. The number of carbonyl (C=O) groups excluding carboxylic acids is 3. The van der Waals surface area contributed by atoms with Gasteiger partial charge < -0.3 is 15.4 Å². The van der Waals surface area contributed by atoms with Crippen molar-refractivity contribution >= 4 is 23.5 Å². The number of anilines is 1. The summed E-state index contributed by atoms with van der Waals surface area (Å²) in [6, 6.07) is 14.1. The second-order valence-corrected chi connectivity index (χ2v) is 6.76. The summed E-state index contributed by atoms with van der Waals surface area (Å²) >= 11 is 0. The van der Waals surface area contributed by atoms with Crippen LogP contribution in [0.2, 0.25) is 0 Å². The van der Waals surface area contributed by atoms with Gasteiger partial charge in [-0.1, -0.05) is 30.3 Å². The van der Waals surface area contributed by atoms with Gasteiger partial charge in [0.1, 0.15) is 5.41 Å². The lowest BCUT2D eigenvalue weighted by molar-refractivity contribution is -0.138. The molecule has 6 nitrogen and oxygen atoms in total. The van der Waals surface area contributed by atoms with Crippen LogP contribution in [-0.2, 0) is 20.9 Å². The number of benzene rings is 2. The molecule has 0 aliphatic carbocycles. The van der Waals surface area contributed by atoms with Gasteiger partial charge in [0.15, 0.2) is 0 Å². The van der Waals surface area contributed by atoms with Crippen molar-refractivity contribution in [1.29, 1.82) is 0 Å². The van der Waals surface area contributed by atoms with Crippen molar-refractivity contribution in [2.75, 3.05) is 12.4 Å². The van der Waals surface area contributed by atoms with Crippen LogP contribution in [0.5, 0.6) is 0 Å². The summed E-state index contributed by atoms with van der Waals surface area (Å²) in [6.07, 6.45) is 0. The molecule has 0 atom stereocenters. The second-order valence-electron chi connectivity index (χ2n) is 6.76. The Kier molecular flexibility index (Phi) is 6.34. The SMILES string of the molecule is COC(=O)c1cccc(NC(=O)C(C)(C)C(=O)NCc2ccccc2C)c1. The molecule has 2 rings (SSSR count). The molecule has 2 aromatic rings.